The third kappa shape index (κ3) is 4.20. The first-order chi connectivity index (χ1) is 12.4. The summed E-state index contributed by atoms with van der Waals surface area (Å²) in [5.41, 5.74) is 1.29. The van der Waals surface area contributed by atoms with Crippen molar-refractivity contribution in [3.8, 4) is 11.5 Å². The Morgan fingerprint density at radius 1 is 1.12 bits per heavy atom. The largest absolute Gasteiger partial charge is 0.454 e. The number of benzene rings is 2. The van der Waals surface area contributed by atoms with E-state index in [1.165, 1.54) is 17.9 Å². The molecule has 1 heterocycles. The number of ether oxygens (including phenoxy) is 2. The molecule has 2 aromatic rings. The van der Waals surface area contributed by atoms with Crippen LogP contribution in [-0.4, -0.2) is 25.2 Å². The van der Waals surface area contributed by atoms with Crippen LogP contribution in [0.1, 0.15) is 12.5 Å². The van der Waals surface area contributed by atoms with Gasteiger partial charge in [-0.2, -0.15) is 0 Å². The van der Waals surface area contributed by atoms with Gasteiger partial charge in [0, 0.05) is 18.5 Å². The van der Waals surface area contributed by atoms with Crippen molar-refractivity contribution in [1.82, 2.24) is 5.32 Å². The summed E-state index contributed by atoms with van der Waals surface area (Å²) in [6, 6.07) is 10.2. The molecule has 136 valence electrons. The highest BCUT2D eigenvalue weighted by molar-refractivity contribution is 6.36. The first kappa shape index (κ1) is 18.4. The summed E-state index contributed by atoms with van der Waals surface area (Å²) < 4.78 is 10.6. The summed E-state index contributed by atoms with van der Waals surface area (Å²) in [5.74, 6) is 0.714. The molecule has 0 spiro atoms. The van der Waals surface area contributed by atoms with Crippen molar-refractivity contribution in [2.75, 3.05) is 18.2 Å². The number of amides is 2. The smallest absolute Gasteiger partial charge is 0.240 e. The van der Waals surface area contributed by atoms with Gasteiger partial charge in [0.05, 0.1) is 10.7 Å². The van der Waals surface area contributed by atoms with Gasteiger partial charge in [-0.05, 0) is 35.9 Å². The average molecular weight is 395 g/mol. The molecule has 0 saturated heterocycles. The lowest BCUT2D eigenvalue weighted by molar-refractivity contribution is -0.123. The number of rotatable bonds is 5. The molecule has 0 radical (unpaired) electrons. The van der Waals surface area contributed by atoms with Crippen LogP contribution in [0.5, 0.6) is 11.5 Å². The predicted molar refractivity (Wildman–Crippen MR) is 98.9 cm³/mol. The SMILES string of the molecule is CC(=O)N(CC(=O)NCc1ccc2c(c1)OCO2)c1ccc(Cl)cc1Cl. The van der Waals surface area contributed by atoms with Crippen LogP contribution in [-0.2, 0) is 16.1 Å². The molecule has 1 aliphatic rings. The molecule has 0 aromatic heterocycles. The van der Waals surface area contributed by atoms with Crippen LogP contribution in [0.3, 0.4) is 0 Å². The summed E-state index contributed by atoms with van der Waals surface area (Å²) in [5, 5.41) is 3.53. The van der Waals surface area contributed by atoms with E-state index in [0.717, 1.165) is 5.56 Å². The summed E-state index contributed by atoms with van der Waals surface area (Å²) in [4.78, 5) is 25.5. The third-order valence-corrected chi connectivity index (χ3v) is 4.35. The molecule has 1 N–H and O–H groups in total. The van der Waals surface area contributed by atoms with Gasteiger partial charge in [-0.1, -0.05) is 29.3 Å². The number of halogens is 2. The molecular formula is C18H16Cl2N2O4. The Morgan fingerprint density at radius 3 is 2.62 bits per heavy atom. The lowest BCUT2D eigenvalue weighted by atomic mass is 10.2. The maximum absolute atomic E-state index is 12.3. The van der Waals surface area contributed by atoms with Crippen molar-refractivity contribution in [3.63, 3.8) is 0 Å². The van der Waals surface area contributed by atoms with E-state index in [4.69, 9.17) is 32.7 Å². The molecule has 1 aliphatic heterocycles. The summed E-state index contributed by atoms with van der Waals surface area (Å²) >= 11 is 12.0. The molecule has 2 amide bonds. The van der Waals surface area contributed by atoms with E-state index in [1.807, 2.05) is 6.07 Å². The van der Waals surface area contributed by atoms with Gasteiger partial charge in [-0.25, -0.2) is 0 Å². The van der Waals surface area contributed by atoms with Crippen molar-refractivity contribution < 1.29 is 19.1 Å². The number of nitrogens with zero attached hydrogens (tertiary/aromatic N) is 1. The van der Waals surface area contributed by atoms with Crippen LogP contribution in [0.4, 0.5) is 5.69 Å². The van der Waals surface area contributed by atoms with E-state index >= 15 is 0 Å². The minimum atomic E-state index is -0.316. The standard InChI is InChI=1S/C18H16Cl2N2O4/c1-11(23)22(15-4-3-13(19)7-14(15)20)9-18(24)21-8-12-2-5-16-17(6-12)26-10-25-16/h2-7H,8-10H2,1H3,(H,21,24). The van der Waals surface area contributed by atoms with Gasteiger partial charge in [0.1, 0.15) is 6.54 Å². The molecule has 0 saturated carbocycles. The number of carbonyl (C=O) groups is 2. The summed E-state index contributed by atoms with van der Waals surface area (Å²) in [7, 11) is 0. The van der Waals surface area contributed by atoms with E-state index in [1.54, 1.807) is 24.3 Å². The topological polar surface area (TPSA) is 67.9 Å². The van der Waals surface area contributed by atoms with Gasteiger partial charge in [-0.15, -0.1) is 0 Å². The molecule has 6 nitrogen and oxygen atoms in total. The van der Waals surface area contributed by atoms with Gasteiger partial charge in [-0.3, -0.25) is 9.59 Å². The minimum absolute atomic E-state index is 0.152. The van der Waals surface area contributed by atoms with E-state index in [9.17, 15) is 9.59 Å². The third-order valence-electron chi connectivity index (χ3n) is 3.81. The fraction of sp³-hybridized carbons (Fsp3) is 0.222. The second kappa shape index (κ2) is 7.85. The first-order valence-electron chi connectivity index (χ1n) is 7.82. The molecular weight excluding hydrogens is 379 g/mol. The van der Waals surface area contributed by atoms with Crippen LogP contribution in [0.15, 0.2) is 36.4 Å². The second-order valence-electron chi connectivity index (χ2n) is 5.67. The molecule has 0 aliphatic carbocycles. The van der Waals surface area contributed by atoms with Crippen molar-refractivity contribution in [1.29, 1.82) is 0 Å². The summed E-state index contributed by atoms with van der Waals surface area (Å²) in [6.45, 7) is 1.72. The normalized spacial score (nSPS) is 12.0. The highest BCUT2D eigenvalue weighted by Crippen LogP contribution is 2.32. The predicted octanol–water partition coefficient (Wildman–Crippen LogP) is 3.39. The van der Waals surface area contributed by atoms with E-state index in [0.29, 0.717) is 33.8 Å². The Kier molecular flexibility index (Phi) is 5.54. The maximum Gasteiger partial charge on any atom is 0.240 e. The number of hydrogen-bond acceptors (Lipinski definition) is 4. The van der Waals surface area contributed by atoms with Crippen LogP contribution < -0.4 is 19.7 Å². The zero-order valence-electron chi connectivity index (χ0n) is 13.9. The van der Waals surface area contributed by atoms with Crippen molar-refractivity contribution in [2.45, 2.75) is 13.5 Å². The van der Waals surface area contributed by atoms with E-state index in [-0.39, 0.29) is 25.2 Å². The van der Waals surface area contributed by atoms with Gasteiger partial charge in [0.15, 0.2) is 11.5 Å². The van der Waals surface area contributed by atoms with Crippen LogP contribution >= 0.6 is 23.2 Å². The average Bonchev–Trinajstić information content (AvgIpc) is 3.06. The van der Waals surface area contributed by atoms with Gasteiger partial charge < -0.3 is 19.7 Å². The molecule has 0 unspecified atom stereocenters. The van der Waals surface area contributed by atoms with Crippen molar-refractivity contribution in [3.05, 3.63) is 52.0 Å². The summed E-state index contributed by atoms with van der Waals surface area (Å²) in [6.07, 6.45) is 0. The van der Waals surface area contributed by atoms with Crippen LogP contribution in [0, 0.1) is 0 Å². The molecule has 0 bridgehead atoms. The van der Waals surface area contributed by atoms with Crippen LogP contribution in [0.25, 0.3) is 0 Å². The Hall–Kier alpha value is -2.44. The minimum Gasteiger partial charge on any atom is -0.454 e. The maximum atomic E-state index is 12.3. The number of nitrogens with one attached hydrogen (secondary N) is 1. The Balaban J connectivity index is 1.64. The number of fused-ring (bicyclic) bond motifs is 1. The first-order valence-corrected chi connectivity index (χ1v) is 8.58. The number of carbonyl (C=O) groups excluding carboxylic acids is 2. The molecule has 0 atom stereocenters. The quantitative estimate of drug-likeness (QED) is 0.843. The number of hydrogen-bond donors (Lipinski definition) is 1. The molecule has 26 heavy (non-hydrogen) atoms. The van der Waals surface area contributed by atoms with E-state index < -0.39 is 0 Å². The van der Waals surface area contributed by atoms with Gasteiger partial charge in [0.25, 0.3) is 0 Å². The van der Waals surface area contributed by atoms with Crippen molar-refractivity contribution in [2.24, 2.45) is 0 Å². The van der Waals surface area contributed by atoms with Crippen LogP contribution in [0.2, 0.25) is 10.0 Å². The zero-order valence-corrected chi connectivity index (χ0v) is 15.4. The highest BCUT2D eigenvalue weighted by Gasteiger charge is 2.19. The van der Waals surface area contributed by atoms with Gasteiger partial charge >= 0.3 is 0 Å². The van der Waals surface area contributed by atoms with Crippen molar-refractivity contribution >= 4 is 40.7 Å². The Morgan fingerprint density at radius 2 is 1.88 bits per heavy atom. The lowest BCUT2D eigenvalue weighted by Crippen LogP contribution is -2.39. The fourth-order valence-electron chi connectivity index (χ4n) is 2.52. The highest BCUT2D eigenvalue weighted by atomic mass is 35.5. The Bertz CT molecular complexity index is 857. The molecule has 3 rings (SSSR count). The monoisotopic (exact) mass is 394 g/mol. The molecule has 0 fully saturated rings. The lowest BCUT2D eigenvalue weighted by Gasteiger charge is -2.22. The molecule has 8 heteroatoms. The molecule has 2 aromatic carbocycles. The van der Waals surface area contributed by atoms with Gasteiger partial charge in [0.2, 0.25) is 18.6 Å². The fourth-order valence-corrected chi connectivity index (χ4v) is 3.03. The number of anilines is 1. The zero-order chi connectivity index (χ0) is 18.7. The Labute approximate surface area is 160 Å². The van der Waals surface area contributed by atoms with E-state index in [2.05, 4.69) is 5.32 Å². The second-order valence-corrected chi connectivity index (χ2v) is 6.51.